The van der Waals surface area contributed by atoms with Crippen LogP contribution in [-0.2, 0) is 28.4 Å². The van der Waals surface area contributed by atoms with E-state index >= 15 is 0 Å². The summed E-state index contributed by atoms with van der Waals surface area (Å²) in [6.07, 6.45) is 0.839. The van der Waals surface area contributed by atoms with Gasteiger partial charge in [-0.1, -0.05) is 6.92 Å². The monoisotopic (exact) mass is 290 g/mol. The Hall–Kier alpha value is -0.240. The van der Waals surface area contributed by atoms with Gasteiger partial charge < -0.3 is 28.4 Å². The average molecular weight is 290 g/mol. The van der Waals surface area contributed by atoms with Crippen molar-refractivity contribution in [3.63, 3.8) is 0 Å². The Bertz CT molecular complexity index is 325. The van der Waals surface area contributed by atoms with Crippen molar-refractivity contribution in [1.29, 1.82) is 0 Å². The predicted molar refractivity (Wildman–Crippen MR) is 70.9 cm³/mol. The second-order valence-electron chi connectivity index (χ2n) is 5.66. The SMILES string of the molecule is CCC1COC(C)(OC(C)COC2(C)OCC(C)O2)O1. The number of hydrogen-bond donors (Lipinski definition) is 0. The Labute approximate surface area is 120 Å². The molecule has 0 saturated carbocycles. The summed E-state index contributed by atoms with van der Waals surface area (Å²) >= 11 is 0. The molecule has 5 atom stereocenters. The van der Waals surface area contributed by atoms with Gasteiger partial charge in [-0.2, -0.15) is 0 Å². The molecule has 0 aromatic rings. The van der Waals surface area contributed by atoms with E-state index in [-0.39, 0.29) is 18.3 Å². The first kappa shape index (κ1) is 16.1. The second kappa shape index (κ2) is 6.25. The van der Waals surface area contributed by atoms with Crippen molar-refractivity contribution in [2.75, 3.05) is 19.8 Å². The van der Waals surface area contributed by atoms with Crippen LogP contribution in [0.1, 0.15) is 41.0 Å². The van der Waals surface area contributed by atoms with Crippen LogP contribution in [0.2, 0.25) is 0 Å². The van der Waals surface area contributed by atoms with E-state index in [4.69, 9.17) is 28.4 Å². The van der Waals surface area contributed by atoms with Crippen LogP contribution in [0.3, 0.4) is 0 Å². The van der Waals surface area contributed by atoms with Crippen molar-refractivity contribution in [2.45, 2.75) is 71.3 Å². The quantitative estimate of drug-likeness (QED) is 0.746. The minimum absolute atomic E-state index is 0.0422. The van der Waals surface area contributed by atoms with Crippen LogP contribution in [0.15, 0.2) is 0 Å². The van der Waals surface area contributed by atoms with E-state index in [1.165, 1.54) is 0 Å². The molecule has 0 aromatic heterocycles. The average Bonchev–Trinajstić information content (AvgIpc) is 2.91. The molecule has 2 heterocycles. The zero-order valence-electron chi connectivity index (χ0n) is 13.0. The van der Waals surface area contributed by atoms with Gasteiger partial charge in [0.1, 0.15) is 0 Å². The lowest BCUT2D eigenvalue weighted by Gasteiger charge is -2.29. The standard InChI is InChI=1S/C14H26O6/c1-6-12-9-17-14(5,20-12)19-11(3)8-16-13(4)15-7-10(2)18-13/h10-12H,6-9H2,1-5H3. The van der Waals surface area contributed by atoms with Crippen molar-refractivity contribution in [2.24, 2.45) is 0 Å². The number of ether oxygens (including phenoxy) is 6. The fraction of sp³-hybridized carbons (Fsp3) is 1.00. The molecule has 20 heavy (non-hydrogen) atoms. The Balaban J connectivity index is 1.74. The largest absolute Gasteiger partial charge is 0.325 e. The topological polar surface area (TPSA) is 55.4 Å². The Kier molecular flexibility index (Phi) is 5.05. The summed E-state index contributed by atoms with van der Waals surface area (Å²) in [5.41, 5.74) is 0. The molecular formula is C14H26O6. The zero-order valence-corrected chi connectivity index (χ0v) is 13.0. The van der Waals surface area contributed by atoms with Gasteiger partial charge in [0.15, 0.2) is 0 Å². The maximum atomic E-state index is 5.78. The van der Waals surface area contributed by atoms with E-state index in [0.717, 1.165) is 6.42 Å². The first-order chi connectivity index (χ1) is 9.34. The van der Waals surface area contributed by atoms with Gasteiger partial charge in [0.05, 0.1) is 38.1 Å². The molecule has 2 aliphatic rings. The molecule has 0 radical (unpaired) electrons. The maximum Gasteiger partial charge on any atom is 0.280 e. The van der Waals surface area contributed by atoms with Crippen molar-refractivity contribution in [3.05, 3.63) is 0 Å². The van der Waals surface area contributed by atoms with Crippen molar-refractivity contribution < 1.29 is 28.4 Å². The van der Waals surface area contributed by atoms with Gasteiger partial charge in [-0.25, -0.2) is 0 Å². The summed E-state index contributed by atoms with van der Waals surface area (Å²) in [6.45, 7) is 10.9. The molecule has 5 unspecified atom stereocenters. The highest BCUT2D eigenvalue weighted by atomic mass is 16.9. The summed E-state index contributed by atoms with van der Waals surface area (Å²) in [7, 11) is 0. The van der Waals surface area contributed by atoms with Gasteiger partial charge in [-0.15, -0.1) is 0 Å². The van der Waals surface area contributed by atoms with Crippen LogP contribution in [-0.4, -0.2) is 50.1 Å². The van der Waals surface area contributed by atoms with Gasteiger partial charge in [0.25, 0.3) is 11.9 Å². The smallest absolute Gasteiger partial charge is 0.280 e. The molecule has 2 rings (SSSR count). The molecule has 2 fully saturated rings. The molecule has 0 spiro atoms. The predicted octanol–water partition coefficient (Wildman–Crippen LogP) is 2.02. The minimum atomic E-state index is -0.991. The number of hydrogen-bond acceptors (Lipinski definition) is 6. The Morgan fingerprint density at radius 2 is 1.85 bits per heavy atom. The van der Waals surface area contributed by atoms with Gasteiger partial charge >= 0.3 is 0 Å². The van der Waals surface area contributed by atoms with Gasteiger partial charge in [0, 0.05) is 13.8 Å². The molecule has 118 valence electrons. The van der Waals surface area contributed by atoms with Crippen molar-refractivity contribution in [3.8, 4) is 0 Å². The van der Waals surface area contributed by atoms with Crippen LogP contribution in [0.4, 0.5) is 0 Å². The van der Waals surface area contributed by atoms with Crippen LogP contribution >= 0.6 is 0 Å². The molecule has 2 saturated heterocycles. The highest BCUT2D eigenvalue weighted by Gasteiger charge is 2.41. The zero-order chi connectivity index (χ0) is 14.8. The Morgan fingerprint density at radius 1 is 1.15 bits per heavy atom. The molecule has 0 aliphatic carbocycles. The molecule has 0 aromatic carbocycles. The van der Waals surface area contributed by atoms with Crippen molar-refractivity contribution in [1.82, 2.24) is 0 Å². The van der Waals surface area contributed by atoms with Gasteiger partial charge in [-0.05, 0) is 20.3 Å². The van der Waals surface area contributed by atoms with Crippen LogP contribution in [0, 0.1) is 0 Å². The molecule has 0 amide bonds. The van der Waals surface area contributed by atoms with Crippen LogP contribution in [0.5, 0.6) is 0 Å². The Morgan fingerprint density at radius 3 is 2.40 bits per heavy atom. The summed E-state index contributed by atoms with van der Waals surface area (Å²) in [4.78, 5) is 0. The third-order valence-electron chi connectivity index (χ3n) is 3.36. The molecule has 0 N–H and O–H groups in total. The van der Waals surface area contributed by atoms with E-state index in [0.29, 0.717) is 19.8 Å². The van der Waals surface area contributed by atoms with E-state index in [1.807, 2.05) is 13.8 Å². The first-order valence-electron chi connectivity index (χ1n) is 7.29. The van der Waals surface area contributed by atoms with Crippen LogP contribution < -0.4 is 0 Å². The molecular weight excluding hydrogens is 264 g/mol. The summed E-state index contributed by atoms with van der Waals surface area (Å²) in [5.74, 6) is -1.98. The van der Waals surface area contributed by atoms with E-state index in [2.05, 4.69) is 6.92 Å². The number of rotatable bonds is 6. The summed E-state index contributed by atoms with van der Waals surface area (Å²) < 4.78 is 33.8. The fourth-order valence-corrected chi connectivity index (χ4v) is 2.32. The molecule has 0 bridgehead atoms. The van der Waals surface area contributed by atoms with Crippen molar-refractivity contribution >= 4 is 0 Å². The lowest BCUT2D eigenvalue weighted by molar-refractivity contribution is -0.366. The molecule has 2 aliphatic heterocycles. The van der Waals surface area contributed by atoms with E-state index in [9.17, 15) is 0 Å². The van der Waals surface area contributed by atoms with E-state index in [1.54, 1.807) is 13.8 Å². The molecule has 6 nitrogen and oxygen atoms in total. The highest BCUT2D eigenvalue weighted by Crippen LogP contribution is 2.29. The third-order valence-corrected chi connectivity index (χ3v) is 3.36. The fourth-order valence-electron chi connectivity index (χ4n) is 2.32. The van der Waals surface area contributed by atoms with Gasteiger partial charge in [-0.3, -0.25) is 0 Å². The van der Waals surface area contributed by atoms with Gasteiger partial charge in [0.2, 0.25) is 0 Å². The second-order valence-corrected chi connectivity index (χ2v) is 5.66. The lowest BCUT2D eigenvalue weighted by Crippen LogP contribution is -2.39. The molecule has 6 heteroatoms. The minimum Gasteiger partial charge on any atom is -0.325 e. The first-order valence-corrected chi connectivity index (χ1v) is 7.29. The van der Waals surface area contributed by atoms with E-state index < -0.39 is 11.9 Å². The van der Waals surface area contributed by atoms with Crippen LogP contribution in [0.25, 0.3) is 0 Å². The highest BCUT2D eigenvalue weighted by molar-refractivity contribution is 4.69. The third kappa shape index (κ3) is 4.13. The summed E-state index contributed by atoms with van der Waals surface area (Å²) in [5, 5.41) is 0. The maximum absolute atomic E-state index is 5.78. The summed E-state index contributed by atoms with van der Waals surface area (Å²) in [6, 6.07) is 0. The normalized spacial score (nSPS) is 43.0. The lowest BCUT2D eigenvalue weighted by atomic mass is 10.3.